The Balaban J connectivity index is 2.12. The maximum absolute atomic E-state index is 10.7. The van der Waals surface area contributed by atoms with Crippen LogP contribution in [-0.4, -0.2) is 19.5 Å². The third kappa shape index (κ3) is 2.19. The van der Waals surface area contributed by atoms with Crippen molar-refractivity contribution < 1.29 is 4.92 Å². The second-order valence-electron chi connectivity index (χ2n) is 4.01. The van der Waals surface area contributed by atoms with Crippen molar-refractivity contribution in [3.63, 3.8) is 0 Å². The molecule has 0 saturated heterocycles. The van der Waals surface area contributed by atoms with E-state index < -0.39 is 4.92 Å². The molecular weight excluding hydrogens is 303 g/mol. The molecule has 0 fully saturated rings. The van der Waals surface area contributed by atoms with Gasteiger partial charge in [-0.05, 0) is 24.3 Å². The zero-order chi connectivity index (χ0) is 14.3. The lowest BCUT2D eigenvalue weighted by Crippen LogP contribution is -1.92. The number of nitrogens with zero attached hydrogens (tertiary/aromatic N) is 4. The normalized spacial score (nSPS) is 10.9. The van der Waals surface area contributed by atoms with E-state index in [0.717, 1.165) is 0 Å². The summed E-state index contributed by atoms with van der Waals surface area (Å²) in [5, 5.41) is 15.7. The van der Waals surface area contributed by atoms with E-state index in [0.29, 0.717) is 27.1 Å². The highest BCUT2D eigenvalue weighted by Gasteiger charge is 2.11. The molecule has 3 aromatic rings. The molecule has 0 aliphatic carbocycles. The van der Waals surface area contributed by atoms with Gasteiger partial charge >= 0.3 is 0 Å². The van der Waals surface area contributed by atoms with Crippen LogP contribution in [0.2, 0.25) is 10.0 Å². The van der Waals surface area contributed by atoms with E-state index in [4.69, 9.17) is 23.2 Å². The third-order valence-electron chi connectivity index (χ3n) is 2.70. The number of hydrogen-bond acceptors (Lipinski definition) is 4. The van der Waals surface area contributed by atoms with Gasteiger partial charge in [0.2, 0.25) is 0 Å². The van der Waals surface area contributed by atoms with Crippen LogP contribution in [0, 0.1) is 10.1 Å². The predicted octanol–water partition coefficient (Wildman–Crippen LogP) is 3.61. The molecule has 100 valence electrons. The van der Waals surface area contributed by atoms with Crippen LogP contribution in [0.25, 0.3) is 17.0 Å². The fourth-order valence-electron chi connectivity index (χ4n) is 1.74. The quantitative estimate of drug-likeness (QED) is 0.535. The molecule has 2 heterocycles. The molecule has 3 rings (SSSR count). The smallest absolute Gasteiger partial charge is 0.258 e. The number of rotatable bonds is 2. The lowest BCUT2D eigenvalue weighted by atomic mass is 10.2. The highest BCUT2D eigenvalue weighted by atomic mass is 35.5. The zero-order valence-corrected chi connectivity index (χ0v) is 11.3. The number of halogens is 2. The molecule has 6 nitrogen and oxygen atoms in total. The van der Waals surface area contributed by atoms with Gasteiger partial charge in [-0.15, -0.1) is 5.10 Å². The molecule has 0 radical (unpaired) electrons. The molecule has 0 atom stereocenters. The first kappa shape index (κ1) is 12.8. The summed E-state index contributed by atoms with van der Waals surface area (Å²) < 4.78 is 1.36. The minimum Gasteiger partial charge on any atom is -0.258 e. The Labute approximate surface area is 122 Å². The van der Waals surface area contributed by atoms with Crippen LogP contribution in [0.1, 0.15) is 0 Å². The lowest BCUT2D eigenvalue weighted by molar-refractivity contribution is -0.385. The van der Waals surface area contributed by atoms with Gasteiger partial charge in [0.25, 0.3) is 5.69 Å². The van der Waals surface area contributed by atoms with Crippen molar-refractivity contribution in [2.75, 3.05) is 0 Å². The average molecular weight is 309 g/mol. The molecule has 2 aromatic heterocycles. The molecule has 8 heteroatoms. The van der Waals surface area contributed by atoms with Gasteiger partial charge < -0.3 is 0 Å². The lowest BCUT2D eigenvalue weighted by Gasteiger charge is -1.97. The fourth-order valence-corrected chi connectivity index (χ4v) is 2.04. The Morgan fingerprint density at radius 2 is 1.95 bits per heavy atom. The Kier molecular flexibility index (Phi) is 3.04. The highest BCUT2D eigenvalue weighted by Crippen LogP contribution is 2.27. The van der Waals surface area contributed by atoms with Crippen LogP contribution in [0.15, 0.2) is 36.5 Å². The number of benzene rings is 1. The highest BCUT2D eigenvalue weighted by molar-refractivity contribution is 6.42. The summed E-state index contributed by atoms with van der Waals surface area (Å²) in [6.45, 7) is 0. The van der Waals surface area contributed by atoms with E-state index in [1.165, 1.54) is 22.8 Å². The van der Waals surface area contributed by atoms with E-state index in [-0.39, 0.29) is 5.69 Å². The summed E-state index contributed by atoms with van der Waals surface area (Å²) in [5.74, 6) is 0.420. The van der Waals surface area contributed by atoms with Crippen LogP contribution in [0.4, 0.5) is 5.69 Å². The van der Waals surface area contributed by atoms with Crippen molar-refractivity contribution in [3.05, 3.63) is 56.7 Å². The minimum absolute atomic E-state index is 0.0527. The summed E-state index contributed by atoms with van der Waals surface area (Å²) >= 11 is 11.8. The summed E-state index contributed by atoms with van der Waals surface area (Å²) in [6, 6.07) is 7.94. The Bertz CT molecular complexity index is 831. The van der Waals surface area contributed by atoms with Gasteiger partial charge in [-0.1, -0.05) is 23.2 Å². The van der Waals surface area contributed by atoms with Gasteiger partial charge in [-0.3, -0.25) is 10.1 Å². The maximum atomic E-state index is 10.7. The number of aromatic nitrogens is 3. The monoisotopic (exact) mass is 308 g/mol. The van der Waals surface area contributed by atoms with Crippen LogP contribution < -0.4 is 0 Å². The van der Waals surface area contributed by atoms with Crippen molar-refractivity contribution in [3.8, 4) is 11.4 Å². The van der Waals surface area contributed by atoms with Gasteiger partial charge in [0.15, 0.2) is 11.5 Å². The summed E-state index contributed by atoms with van der Waals surface area (Å²) in [4.78, 5) is 14.5. The molecule has 0 aliphatic heterocycles. The molecule has 0 spiro atoms. The van der Waals surface area contributed by atoms with Crippen molar-refractivity contribution in [2.24, 2.45) is 0 Å². The van der Waals surface area contributed by atoms with Gasteiger partial charge in [0, 0.05) is 11.6 Å². The molecule has 0 amide bonds. The molecule has 1 aromatic carbocycles. The van der Waals surface area contributed by atoms with Gasteiger partial charge in [0.1, 0.15) is 6.20 Å². The zero-order valence-electron chi connectivity index (χ0n) is 9.83. The van der Waals surface area contributed by atoms with E-state index in [9.17, 15) is 10.1 Å². The van der Waals surface area contributed by atoms with Gasteiger partial charge in [0.05, 0.1) is 15.0 Å². The van der Waals surface area contributed by atoms with E-state index in [2.05, 4.69) is 10.1 Å². The molecule has 20 heavy (non-hydrogen) atoms. The van der Waals surface area contributed by atoms with Crippen LogP contribution >= 0.6 is 23.2 Å². The molecule has 0 unspecified atom stereocenters. The second-order valence-corrected chi connectivity index (χ2v) is 4.83. The topological polar surface area (TPSA) is 73.3 Å². The largest absolute Gasteiger partial charge is 0.287 e. The summed E-state index contributed by atoms with van der Waals surface area (Å²) in [7, 11) is 0. The van der Waals surface area contributed by atoms with Crippen LogP contribution in [0.5, 0.6) is 0 Å². The first-order valence-corrected chi connectivity index (χ1v) is 6.26. The van der Waals surface area contributed by atoms with E-state index in [1.807, 2.05) is 0 Å². The standard InChI is InChI=1S/C12H6Cl2N4O2/c13-9-3-1-7(5-10(9)14)12-15-11-4-2-8(18(19)20)6-17(11)16-12/h1-6H. The van der Waals surface area contributed by atoms with E-state index >= 15 is 0 Å². The average Bonchev–Trinajstić information content (AvgIpc) is 2.84. The number of fused-ring (bicyclic) bond motifs is 1. The van der Waals surface area contributed by atoms with Crippen LogP contribution in [0.3, 0.4) is 0 Å². The number of nitro groups is 1. The van der Waals surface area contributed by atoms with Gasteiger partial charge in [-0.25, -0.2) is 9.50 Å². The summed E-state index contributed by atoms with van der Waals surface area (Å²) in [6.07, 6.45) is 1.31. The van der Waals surface area contributed by atoms with Crippen LogP contribution in [-0.2, 0) is 0 Å². The predicted molar refractivity (Wildman–Crippen MR) is 75.1 cm³/mol. The molecular formula is C12H6Cl2N4O2. The Hall–Kier alpha value is -2.18. The first-order valence-electron chi connectivity index (χ1n) is 5.51. The maximum Gasteiger partial charge on any atom is 0.287 e. The SMILES string of the molecule is O=[N+]([O-])c1ccc2nc(-c3ccc(Cl)c(Cl)c3)nn2c1. The van der Waals surface area contributed by atoms with Crippen molar-refractivity contribution in [1.82, 2.24) is 14.6 Å². The Morgan fingerprint density at radius 1 is 1.15 bits per heavy atom. The molecule has 0 aliphatic rings. The third-order valence-corrected chi connectivity index (χ3v) is 3.44. The molecule has 0 saturated carbocycles. The van der Waals surface area contributed by atoms with Crippen molar-refractivity contribution >= 4 is 34.5 Å². The first-order chi connectivity index (χ1) is 9.54. The second kappa shape index (κ2) is 4.73. The Morgan fingerprint density at radius 3 is 2.65 bits per heavy atom. The molecule has 0 bridgehead atoms. The number of hydrogen-bond donors (Lipinski definition) is 0. The number of pyridine rings is 1. The van der Waals surface area contributed by atoms with Gasteiger partial charge in [-0.2, -0.15) is 0 Å². The van der Waals surface area contributed by atoms with Crippen molar-refractivity contribution in [2.45, 2.75) is 0 Å². The van der Waals surface area contributed by atoms with Crippen molar-refractivity contribution in [1.29, 1.82) is 0 Å². The molecule has 0 N–H and O–H groups in total. The summed E-state index contributed by atoms with van der Waals surface area (Å²) in [5.41, 5.74) is 1.14. The minimum atomic E-state index is -0.486. The van der Waals surface area contributed by atoms with E-state index in [1.54, 1.807) is 18.2 Å². The fraction of sp³-hybridized carbons (Fsp3) is 0.